The first-order valence-electron chi connectivity index (χ1n) is 5.52. The zero-order valence-corrected chi connectivity index (χ0v) is 12.3. The van der Waals surface area contributed by atoms with Gasteiger partial charge in [-0.1, -0.05) is 0 Å². The van der Waals surface area contributed by atoms with Gasteiger partial charge in [0, 0.05) is 0 Å². The van der Waals surface area contributed by atoms with Crippen molar-refractivity contribution in [2.45, 2.75) is 42.9 Å². The first-order valence-corrected chi connectivity index (χ1v) is 6.74. The average Bonchev–Trinajstić information content (AvgIpc) is 2.35. The van der Waals surface area contributed by atoms with E-state index in [-0.39, 0.29) is 29.6 Å². The minimum absolute atomic E-state index is 0. The average molecular weight is 452 g/mol. The number of rotatable bonds is 8. The third-order valence-electron chi connectivity index (χ3n) is 2.38. The predicted octanol–water partition coefficient (Wildman–Crippen LogP) is 4.48. The molecule has 0 saturated heterocycles. The maximum absolute atomic E-state index is 13.0. The summed E-state index contributed by atoms with van der Waals surface area (Å²) in [6, 6.07) is 0. The molecule has 0 radical (unpaired) electrons. The van der Waals surface area contributed by atoms with Crippen molar-refractivity contribution in [3.05, 3.63) is 0 Å². The summed E-state index contributed by atoms with van der Waals surface area (Å²) in [5, 5.41) is 0. The number of hydrogen-bond donors (Lipinski definition) is 0. The molecule has 1 unspecified atom stereocenters. The Morgan fingerprint density at radius 1 is 0.692 bits per heavy atom. The summed E-state index contributed by atoms with van der Waals surface area (Å²) in [5.41, 5.74) is 0. The van der Waals surface area contributed by atoms with E-state index in [2.05, 4.69) is 9.05 Å². The van der Waals surface area contributed by atoms with E-state index in [1.165, 1.54) is 0 Å². The molecule has 154 valence electrons. The van der Waals surface area contributed by atoms with Gasteiger partial charge in [-0.15, -0.1) is 0 Å². The summed E-state index contributed by atoms with van der Waals surface area (Å²) < 4.78 is 180. The van der Waals surface area contributed by atoms with E-state index in [1.54, 1.807) is 0 Å². The second kappa shape index (κ2) is 8.31. The first-order chi connectivity index (χ1) is 10.7. The summed E-state index contributed by atoms with van der Waals surface area (Å²) in [5.74, 6) is -31.5. The molecule has 0 aromatic rings. The van der Waals surface area contributed by atoms with E-state index >= 15 is 0 Å². The predicted molar refractivity (Wildman–Crippen MR) is 59.7 cm³/mol. The van der Waals surface area contributed by atoms with E-state index in [1.807, 2.05) is 0 Å². The maximum atomic E-state index is 13.0. The van der Waals surface area contributed by atoms with Crippen LogP contribution < -0.4 is 0 Å². The van der Waals surface area contributed by atoms with E-state index < -0.39 is 50.8 Å². The van der Waals surface area contributed by atoms with Gasteiger partial charge in [-0.05, 0) is 6.92 Å². The molecule has 0 aromatic carbocycles. The van der Waals surface area contributed by atoms with Crippen molar-refractivity contribution < 1.29 is 70.7 Å². The Morgan fingerprint density at radius 2 is 1.04 bits per heavy atom. The van der Waals surface area contributed by atoms with Crippen LogP contribution in [-0.2, 0) is 13.6 Å². The van der Waals surface area contributed by atoms with Crippen LogP contribution in [0.4, 0.5) is 57.1 Å². The summed E-state index contributed by atoms with van der Waals surface area (Å²) in [6.45, 7) is 0.132. The van der Waals surface area contributed by atoms with Gasteiger partial charge in [0.2, 0.25) is 0 Å². The first kappa shape index (κ1) is 28.4. The van der Waals surface area contributed by atoms with Crippen molar-refractivity contribution in [1.29, 1.82) is 0 Å². The van der Waals surface area contributed by atoms with Gasteiger partial charge in [-0.3, -0.25) is 4.57 Å². The Bertz CT molecular complexity index is 506. The van der Waals surface area contributed by atoms with Crippen LogP contribution in [0.15, 0.2) is 0 Å². The normalized spacial score (nSPS) is 16.2. The Morgan fingerprint density at radius 3 is 1.35 bits per heavy atom. The summed E-state index contributed by atoms with van der Waals surface area (Å²) in [7, 11) is -4.72. The van der Waals surface area contributed by atoms with E-state index in [9.17, 15) is 61.6 Å². The molecule has 0 bridgehead atoms. The zero-order chi connectivity index (χ0) is 20.7. The van der Waals surface area contributed by atoms with Crippen LogP contribution in [0.5, 0.6) is 0 Å². The molecule has 26 heavy (non-hydrogen) atoms. The van der Waals surface area contributed by atoms with Gasteiger partial charge in [-0.25, -0.2) is 4.52 Å². The molecule has 1 atom stereocenters. The van der Waals surface area contributed by atoms with Crippen LogP contribution in [-0.4, -0.2) is 72.1 Å². The fourth-order valence-electron chi connectivity index (χ4n) is 1.07. The third kappa shape index (κ3) is 4.62. The molecule has 0 aliphatic rings. The fraction of sp³-hybridized carbons (Fsp3) is 1.00. The van der Waals surface area contributed by atoms with Crippen molar-refractivity contribution in [2.24, 2.45) is 0 Å². The minimum atomic E-state index is -8.03. The molecule has 3 nitrogen and oxygen atoms in total. The van der Waals surface area contributed by atoms with Gasteiger partial charge >= 0.3 is 73.8 Å². The molecule has 0 fully saturated rings. The van der Waals surface area contributed by atoms with Gasteiger partial charge in [-0.2, -0.15) is 57.1 Å². The SMILES string of the molecule is CCO[PH](=O)OC(F)(F)C(F)(F)C(F)(F)C(F)(F)C(F)(F)C(F)(F)F.[NaH]. The molecular weight excluding hydrogens is 445 g/mol. The molecule has 0 heterocycles. The van der Waals surface area contributed by atoms with E-state index in [0.29, 0.717) is 0 Å². The van der Waals surface area contributed by atoms with Crippen molar-refractivity contribution >= 4 is 37.8 Å². The molecular formula is C8H7F13NaO3P. The summed E-state index contributed by atoms with van der Waals surface area (Å²) in [4.78, 5) is 0. The van der Waals surface area contributed by atoms with E-state index in [4.69, 9.17) is 0 Å². The molecule has 0 aliphatic carbocycles. The fourth-order valence-corrected chi connectivity index (χ4v) is 1.70. The van der Waals surface area contributed by atoms with Crippen LogP contribution in [0.3, 0.4) is 0 Å². The van der Waals surface area contributed by atoms with Crippen LogP contribution >= 0.6 is 8.25 Å². The van der Waals surface area contributed by atoms with Crippen molar-refractivity contribution in [3.63, 3.8) is 0 Å². The van der Waals surface area contributed by atoms with Gasteiger partial charge in [0.05, 0.1) is 6.61 Å². The Balaban J connectivity index is 0. The molecule has 0 N–H and O–H groups in total. The summed E-state index contributed by atoms with van der Waals surface area (Å²) >= 11 is 0. The topological polar surface area (TPSA) is 35.5 Å². The van der Waals surface area contributed by atoms with Gasteiger partial charge in [0.15, 0.2) is 0 Å². The van der Waals surface area contributed by atoms with E-state index in [0.717, 1.165) is 6.92 Å². The Labute approximate surface area is 158 Å². The molecule has 0 aliphatic heterocycles. The van der Waals surface area contributed by atoms with Crippen LogP contribution in [0.25, 0.3) is 0 Å². The molecule has 0 rings (SSSR count). The van der Waals surface area contributed by atoms with Gasteiger partial charge < -0.3 is 4.52 Å². The Hall–Kier alpha value is 0.240. The standard InChI is InChI=1S/C8H6F13O3P.Na.H/c1-2-23-25(22)24-8(20,21)6(15,16)4(11,12)3(9,10)5(13,14)7(17,18)19;;/h25H,2H2,1H3;;. The van der Waals surface area contributed by atoms with Gasteiger partial charge in [0.25, 0.3) is 0 Å². The summed E-state index contributed by atoms with van der Waals surface area (Å²) in [6.07, 6.45) is -14.3. The van der Waals surface area contributed by atoms with Crippen molar-refractivity contribution in [1.82, 2.24) is 0 Å². The molecule has 0 amide bonds. The zero-order valence-electron chi connectivity index (χ0n) is 11.3. The molecule has 18 heteroatoms. The van der Waals surface area contributed by atoms with Gasteiger partial charge in [0.1, 0.15) is 0 Å². The Kier molecular flexibility index (Phi) is 9.10. The van der Waals surface area contributed by atoms with Crippen LogP contribution in [0.1, 0.15) is 6.92 Å². The molecule has 0 aromatic heterocycles. The third-order valence-corrected chi connectivity index (χ3v) is 3.33. The number of halogens is 13. The second-order valence-electron chi connectivity index (χ2n) is 4.10. The van der Waals surface area contributed by atoms with Crippen molar-refractivity contribution in [2.75, 3.05) is 6.61 Å². The number of hydrogen-bond acceptors (Lipinski definition) is 3. The van der Waals surface area contributed by atoms with Crippen LogP contribution in [0, 0.1) is 0 Å². The second-order valence-corrected chi connectivity index (χ2v) is 5.09. The molecule has 0 spiro atoms. The molecule has 0 saturated carbocycles. The van der Waals surface area contributed by atoms with Crippen LogP contribution in [0.2, 0.25) is 0 Å². The monoisotopic (exact) mass is 452 g/mol. The number of alkyl halides is 13. The van der Waals surface area contributed by atoms with Crippen molar-refractivity contribution in [3.8, 4) is 0 Å². The quantitative estimate of drug-likeness (QED) is 0.310.